The summed E-state index contributed by atoms with van der Waals surface area (Å²) < 4.78 is 1.61. The number of pyridine rings is 1. The Kier molecular flexibility index (Phi) is 2.54. The summed E-state index contributed by atoms with van der Waals surface area (Å²) in [6, 6.07) is 3.93. The van der Waals surface area contributed by atoms with Gasteiger partial charge in [-0.3, -0.25) is 9.20 Å². The van der Waals surface area contributed by atoms with Gasteiger partial charge in [0.1, 0.15) is 5.65 Å². The normalized spacial score (nSPS) is 10.8. The van der Waals surface area contributed by atoms with Gasteiger partial charge in [-0.05, 0) is 30.5 Å². The Hall–Kier alpha value is -1.64. The molecule has 0 unspecified atom stereocenters. The van der Waals surface area contributed by atoms with Crippen LogP contribution >= 0.6 is 0 Å². The maximum absolute atomic E-state index is 11.9. The molecule has 0 amide bonds. The van der Waals surface area contributed by atoms with E-state index in [1.807, 2.05) is 25.3 Å². The van der Waals surface area contributed by atoms with Crippen molar-refractivity contribution in [3.8, 4) is 0 Å². The van der Waals surface area contributed by atoms with Crippen molar-refractivity contribution >= 4 is 5.65 Å². The van der Waals surface area contributed by atoms with Gasteiger partial charge in [-0.2, -0.15) is 0 Å². The molecule has 0 aliphatic heterocycles. The molecule has 0 N–H and O–H groups in total. The summed E-state index contributed by atoms with van der Waals surface area (Å²) in [6.07, 6.45) is 5.17. The highest BCUT2D eigenvalue weighted by Gasteiger charge is 2.02. The molecule has 2 aromatic heterocycles. The van der Waals surface area contributed by atoms with E-state index in [0.29, 0.717) is 0 Å². The van der Waals surface area contributed by atoms with Crippen molar-refractivity contribution in [3.63, 3.8) is 0 Å². The lowest BCUT2D eigenvalue weighted by atomic mass is 10.2. The molecule has 3 nitrogen and oxygen atoms in total. The van der Waals surface area contributed by atoms with Crippen LogP contribution in [0.5, 0.6) is 0 Å². The third-order valence-corrected chi connectivity index (χ3v) is 2.63. The summed E-state index contributed by atoms with van der Waals surface area (Å²) in [7, 11) is 0. The standard InChI is InChI=1S/C12H14N2O/c1-3-9-5-6-14-11(7-9)13-8-10(4-2)12(14)15/h5-8H,3-4H2,1-2H3. The maximum atomic E-state index is 11.9. The monoisotopic (exact) mass is 202 g/mol. The summed E-state index contributed by atoms with van der Waals surface area (Å²) in [5.41, 5.74) is 2.74. The van der Waals surface area contributed by atoms with Crippen molar-refractivity contribution in [2.45, 2.75) is 26.7 Å². The Morgan fingerprint density at radius 1 is 1.33 bits per heavy atom. The third kappa shape index (κ3) is 1.65. The van der Waals surface area contributed by atoms with Crippen LogP contribution in [-0.4, -0.2) is 9.38 Å². The van der Waals surface area contributed by atoms with Crippen LogP contribution in [0, 0.1) is 0 Å². The number of hydrogen-bond acceptors (Lipinski definition) is 2. The summed E-state index contributed by atoms with van der Waals surface area (Å²) in [5, 5.41) is 0. The molecule has 0 radical (unpaired) electrons. The van der Waals surface area contributed by atoms with E-state index in [9.17, 15) is 4.79 Å². The summed E-state index contributed by atoms with van der Waals surface area (Å²) >= 11 is 0. The zero-order chi connectivity index (χ0) is 10.8. The van der Waals surface area contributed by atoms with Crippen molar-refractivity contribution in [1.82, 2.24) is 9.38 Å². The van der Waals surface area contributed by atoms with E-state index in [-0.39, 0.29) is 5.56 Å². The SMILES string of the molecule is CCc1ccn2c(=O)c(CC)cnc2c1. The molecular formula is C12H14N2O. The quantitative estimate of drug-likeness (QED) is 0.744. The first-order valence-electron chi connectivity index (χ1n) is 5.25. The van der Waals surface area contributed by atoms with Gasteiger partial charge in [0.25, 0.3) is 5.56 Å². The van der Waals surface area contributed by atoms with Crippen molar-refractivity contribution in [2.75, 3.05) is 0 Å². The second-order valence-corrected chi connectivity index (χ2v) is 3.56. The van der Waals surface area contributed by atoms with Gasteiger partial charge >= 0.3 is 0 Å². The minimum Gasteiger partial charge on any atom is -0.269 e. The lowest BCUT2D eigenvalue weighted by Gasteiger charge is -2.03. The molecule has 2 aromatic rings. The first-order valence-corrected chi connectivity index (χ1v) is 5.25. The van der Waals surface area contributed by atoms with Gasteiger partial charge in [-0.25, -0.2) is 4.98 Å². The van der Waals surface area contributed by atoms with E-state index in [0.717, 1.165) is 24.1 Å². The third-order valence-electron chi connectivity index (χ3n) is 2.63. The molecule has 2 rings (SSSR count). The van der Waals surface area contributed by atoms with E-state index in [2.05, 4.69) is 11.9 Å². The highest BCUT2D eigenvalue weighted by molar-refractivity contribution is 5.41. The zero-order valence-corrected chi connectivity index (χ0v) is 9.03. The van der Waals surface area contributed by atoms with E-state index in [4.69, 9.17) is 0 Å². The van der Waals surface area contributed by atoms with Crippen LogP contribution in [0.4, 0.5) is 0 Å². The molecule has 2 heterocycles. The first-order chi connectivity index (χ1) is 7.26. The number of fused-ring (bicyclic) bond motifs is 1. The van der Waals surface area contributed by atoms with Gasteiger partial charge in [-0.15, -0.1) is 0 Å². The van der Waals surface area contributed by atoms with Gasteiger partial charge in [0.05, 0.1) is 0 Å². The summed E-state index contributed by atoms with van der Waals surface area (Å²) in [4.78, 5) is 16.2. The number of rotatable bonds is 2. The molecule has 0 saturated carbocycles. The molecule has 0 aliphatic rings. The molecule has 0 atom stereocenters. The van der Waals surface area contributed by atoms with Crippen LogP contribution in [0.15, 0.2) is 29.3 Å². The predicted molar refractivity (Wildman–Crippen MR) is 60.2 cm³/mol. The fraction of sp³-hybridized carbons (Fsp3) is 0.333. The Morgan fingerprint density at radius 3 is 2.80 bits per heavy atom. The zero-order valence-electron chi connectivity index (χ0n) is 9.03. The molecule has 78 valence electrons. The molecule has 15 heavy (non-hydrogen) atoms. The van der Waals surface area contributed by atoms with Crippen LogP contribution < -0.4 is 5.56 Å². The van der Waals surface area contributed by atoms with Crippen LogP contribution in [0.25, 0.3) is 5.65 Å². The summed E-state index contributed by atoms with van der Waals surface area (Å²) in [5.74, 6) is 0. The van der Waals surface area contributed by atoms with E-state index in [1.165, 1.54) is 5.56 Å². The predicted octanol–water partition coefficient (Wildman–Crippen LogP) is 1.82. The molecule has 0 bridgehead atoms. The number of hydrogen-bond donors (Lipinski definition) is 0. The Bertz CT molecular complexity index is 543. The van der Waals surface area contributed by atoms with Crippen molar-refractivity contribution in [2.24, 2.45) is 0 Å². The highest BCUT2D eigenvalue weighted by atomic mass is 16.1. The van der Waals surface area contributed by atoms with Crippen molar-refractivity contribution in [3.05, 3.63) is 46.0 Å². The van der Waals surface area contributed by atoms with Crippen LogP contribution in [0.1, 0.15) is 25.0 Å². The fourth-order valence-corrected chi connectivity index (χ4v) is 1.62. The van der Waals surface area contributed by atoms with Crippen LogP contribution in [0.2, 0.25) is 0 Å². The van der Waals surface area contributed by atoms with Crippen LogP contribution in [-0.2, 0) is 12.8 Å². The molecule has 0 aliphatic carbocycles. The van der Waals surface area contributed by atoms with Gasteiger partial charge in [0, 0.05) is 18.0 Å². The number of aryl methyl sites for hydroxylation is 2. The average molecular weight is 202 g/mol. The average Bonchev–Trinajstić information content (AvgIpc) is 2.29. The summed E-state index contributed by atoms with van der Waals surface area (Å²) in [6.45, 7) is 4.05. The topological polar surface area (TPSA) is 34.4 Å². The van der Waals surface area contributed by atoms with E-state index in [1.54, 1.807) is 10.6 Å². The van der Waals surface area contributed by atoms with Gasteiger partial charge in [-0.1, -0.05) is 13.8 Å². The first kappa shape index (κ1) is 9.90. The Morgan fingerprint density at radius 2 is 2.13 bits per heavy atom. The molecule has 3 heteroatoms. The molecule has 0 saturated heterocycles. The highest BCUT2D eigenvalue weighted by Crippen LogP contribution is 2.04. The van der Waals surface area contributed by atoms with Gasteiger partial charge < -0.3 is 0 Å². The van der Waals surface area contributed by atoms with E-state index >= 15 is 0 Å². The van der Waals surface area contributed by atoms with Crippen LogP contribution in [0.3, 0.4) is 0 Å². The van der Waals surface area contributed by atoms with Crippen molar-refractivity contribution in [1.29, 1.82) is 0 Å². The molecular weight excluding hydrogens is 188 g/mol. The number of aromatic nitrogens is 2. The lowest BCUT2D eigenvalue weighted by Crippen LogP contribution is -2.18. The fourth-order valence-electron chi connectivity index (χ4n) is 1.62. The molecule has 0 fully saturated rings. The molecule has 0 aromatic carbocycles. The van der Waals surface area contributed by atoms with Crippen molar-refractivity contribution < 1.29 is 0 Å². The largest absolute Gasteiger partial charge is 0.269 e. The Balaban J connectivity index is 2.74. The smallest absolute Gasteiger partial charge is 0.260 e. The minimum atomic E-state index is 0.0464. The minimum absolute atomic E-state index is 0.0464. The van der Waals surface area contributed by atoms with Gasteiger partial charge in [0.2, 0.25) is 0 Å². The Labute approximate surface area is 88.4 Å². The maximum Gasteiger partial charge on any atom is 0.260 e. The molecule has 0 spiro atoms. The van der Waals surface area contributed by atoms with E-state index < -0.39 is 0 Å². The van der Waals surface area contributed by atoms with Gasteiger partial charge in [0.15, 0.2) is 0 Å². The lowest BCUT2D eigenvalue weighted by molar-refractivity contribution is 0.958. The number of nitrogens with zero attached hydrogens (tertiary/aromatic N) is 2. The second-order valence-electron chi connectivity index (χ2n) is 3.56. The second kappa shape index (κ2) is 3.85.